The lowest BCUT2D eigenvalue weighted by Crippen LogP contribution is -2.33. The van der Waals surface area contributed by atoms with Crippen molar-refractivity contribution in [1.82, 2.24) is 9.80 Å². The van der Waals surface area contributed by atoms with Gasteiger partial charge in [0.2, 0.25) is 0 Å². The van der Waals surface area contributed by atoms with Crippen molar-refractivity contribution in [2.75, 3.05) is 31.6 Å². The smallest absolute Gasteiger partial charge is 0.276 e. The van der Waals surface area contributed by atoms with Gasteiger partial charge in [-0.3, -0.25) is 9.69 Å². The molecule has 3 rings (SSSR count). The van der Waals surface area contributed by atoms with Crippen molar-refractivity contribution in [3.8, 4) is 5.75 Å². The van der Waals surface area contributed by atoms with Crippen LogP contribution in [0.4, 0.5) is 5.69 Å². The number of carbonyl (C=O) groups excluding carboxylic acids is 1. The van der Waals surface area contributed by atoms with Crippen LogP contribution in [-0.4, -0.2) is 52.6 Å². The van der Waals surface area contributed by atoms with E-state index in [1.807, 2.05) is 42.5 Å². The van der Waals surface area contributed by atoms with Crippen molar-refractivity contribution < 1.29 is 9.90 Å². The summed E-state index contributed by atoms with van der Waals surface area (Å²) in [5, 5.41) is 11.0. The first-order valence-electron chi connectivity index (χ1n) is 9.89. The number of amides is 1. The third-order valence-electron chi connectivity index (χ3n) is 5.25. The van der Waals surface area contributed by atoms with Crippen LogP contribution in [0, 0.1) is 0 Å². The number of phenolic OH excluding ortho intramolecular Hbond substituents is 1. The van der Waals surface area contributed by atoms with E-state index in [1.165, 1.54) is 0 Å². The average Bonchev–Trinajstić information content (AvgIpc) is 2.93. The van der Waals surface area contributed by atoms with Gasteiger partial charge < -0.3 is 14.9 Å². The number of thiocarbonyl (C=S) groups is 1. The minimum Gasteiger partial charge on any atom is -0.507 e. The van der Waals surface area contributed by atoms with E-state index < -0.39 is 0 Å². The van der Waals surface area contributed by atoms with Gasteiger partial charge in [0.05, 0.1) is 0 Å². The van der Waals surface area contributed by atoms with Crippen LogP contribution in [0.3, 0.4) is 0 Å². The van der Waals surface area contributed by atoms with E-state index in [9.17, 15) is 9.90 Å². The van der Waals surface area contributed by atoms with Crippen LogP contribution in [0.25, 0.3) is 6.08 Å². The molecule has 0 radical (unpaired) electrons. The van der Waals surface area contributed by atoms with Gasteiger partial charge in [0.25, 0.3) is 5.91 Å². The van der Waals surface area contributed by atoms with Crippen LogP contribution in [0.2, 0.25) is 0 Å². The molecule has 2 aromatic rings. The summed E-state index contributed by atoms with van der Waals surface area (Å²) in [7, 11) is 1.79. The molecule has 0 unspecified atom stereocenters. The van der Waals surface area contributed by atoms with Crippen LogP contribution in [0.1, 0.15) is 25.0 Å². The quantitative estimate of drug-likeness (QED) is 0.555. The molecule has 152 valence electrons. The molecule has 29 heavy (non-hydrogen) atoms. The molecule has 1 saturated heterocycles. The normalized spacial score (nSPS) is 15.5. The van der Waals surface area contributed by atoms with E-state index in [0.717, 1.165) is 30.8 Å². The Morgan fingerprint density at radius 2 is 1.79 bits per heavy atom. The molecule has 6 heteroatoms. The fourth-order valence-corrected chi connectivity index (χ4v) is 3.75. The number of rotatable bonds is 7. The molecule has 0 aromatic heterocycles. The monoisotopic (exact) mass is 409 g/mol. The highest BCUT2D eigenvalue weighted by Gasteiger charge is 2.35. The highest BCUT2D eigenvalue weighted by molar-refractivity contribution is 7.80. The number of anilines is 1. The number of hydrogen-bond donors (Lipinski definition) is 1. The first-order valence-corrected chi connectivity index (χ1v) is 10.3. The Balaban J connectivity index is 1.80. The first kappa shape index (κ1) is 20.9. The minimum absolute atomic E-state index is 0.138. The van der Waals surface area contributed by atoms with Crippen molar-refractivity contribution in [3.05, 3.63) is 65.4 Å². The molecule has 1 aliphatic rings. The Labute approximate surface area is 177 Å². The molecule has 0 saturated carbocycles. The Morgan fingerprint density at radius 3 is 2.41 bits per heavy atom. The fourth-order valence-electron chi connectivity index (χ4n) is 3.48. The summed E-state index contributed by atoms with van der Waals surface area (Å²) in [6.45, 7) is 6.40. The zero-order chi connectivity index (χ0) is 21.0. The van der Waals surface area contributed by atoms with Crippen molar-refractivity contribution >= 4 is 35.0 Å². The standard InChI is InChI=1S/C23H27N3O2S/c1-4-25(5-2)19-12-11-18(21(27)16-19)15-20-22(28)26(23(29)24(20)3)14-13-17-9-7-6-8-10-17/h6-12,15-16,27H,4-5,13-14H2,1-3H3/b20-15+. The van der Waals surface area contributed by atoms with Crippen molar-refractivity contribution in [2.45, 2.75) is 20.3 Å². The molecule has 1 N–H and O–H groups in total. The summed E-state index contributed by atoms with van der Waals surface area (Å²) in [6.07, 6.45) is 2.44. The summed E-state index contributed by atoms with van der Waals surface area (Å²) >= 11 is 5.49. The van der Waals surface area contributed by atoms with Crippen LogP contribution < -0.4 is 4.90 Å². The summed E-state index contributed by atoms with van der Waals surface area (Å²) in [4.78, 5) is 18.5. The van der Waals surface area contributed by atoms with Gasteiger partial charge in [-0.1, -0.05) is 30.3 Å². The molecule has 1 heterocycles. The van der Waals surface area contributed by atoms with Gasteiger partial charge in [-0.25, -0.2) is 0 Å². The molecular weight excluding hydrogens is 382 g/mol. The van der Waals surface area contributed by atoms with E-state index in [2.05, 4.69) is 18.7 Å². The lowest BCUT2D eigenvalue weighted by molar-refractivity contribution is -0.122. The molecule has 2 aromatic carbocycles. The van der Waals surface area contributed by atoms with Crippen LogP contribution >= 0.6 is 12.2 Å². The number of nitrogens with zero attached hydrogens (tertiary/aromatic N) is 3. The van der Waals surface area contributed by atoms with E-state index >= 15 is 0 Å². The molecule has 1 fully saturated rings. The molecule has 0 spiro atoms. The topological polar surface area (TPSA) is 47.0 Å². The minimum atomic E-state index is -0.138. The van der Waals surface area contributed by atoms with Gasteiger partial charge >= 0.3 is 0 Å². The molecule has 0 bridgehead atoms. The molecule has 1 amide bonds. The Morgan fingerprint density at radius 1 is 1.10 bits per heavy atom. The number of benzene rings is 2. The second-order valence-corrected chi connectivity index (χ2v) is 7.34. The molecule has 1 aliphatic heterocycles. The Bertz CT molecular complexity index is 923. The third-order valence-corrected chi connectivity index (χ3v) is 5.74. The third kappa shape index (κ3) is 4.43. The van der Waals surface area contributed by atoms with Crippen molar-refractivity contribution in [3.63, 3.8) is 0 Å². The maximum Gasteiger partial charge on any atom is 0.276 e. The van der Waals surface area contributed by atoms with E-state index in [1.54, 1.807) is 29.0 Å². The predicted octanol–water partition coefficient (Wildman–Crippen LogP) is 3.88. The summed E-state index contributed by atoms with van der Waals surface area (Å²) in [6, 6.07) is 15.6. The maximum absolute atomic E-state index is 13.0. The highest BCUT2D eigenvalue weighted by atomic mass is 32.1. The predicted molar refractivity (Wildman–Crippen MR) is 122 cm³/mol. The Kier molecular flexibility index (Phi) is 6.54. The van der Waals surface area contributed by atoms with Gasteiger partial charge in [-0.2, -0.15) is 0 Å². The number of likely N-dealkylation sites (N-methyl/N-ethyl adjacent to an activating group) is 1. The number of hydrogen-bond acceptors (Lipinski definition) is 4. The van der Waals surface area contributed by atoms with E-state index in [4.69, 9.17) is 12.2 Å². The molecule has 5 nitrogen and oxygen atoms in total. The van der Waals surface area contributed by atoms with Gasteiger partial charge in [-0.15, -0.1) is 0 Å². The summed E-state index contributed by atoms with van der Waals surface area (Å²) < 4.78 is 0. The first-order chi connectivity index (χ1) is 14.0. The SMILES string of the molecule is CCN(CC)c1ccc(/C=C2\C(=O)N(CCc3ccccc3)C(=S)N2C)c(O)c1. The molecular formula is C23H27N3O2S. The van der Waals surface area contributed by atoms with Crippen LogP contribution in [-0.2, 0) is 11.2 Å². The van der Waals surface area contributed by atoms with Crippen molar-refractivity contribution in [2.24, 2.45) is 0 Å². The maximum atomic E-state index is 13.0. The second kappa shape index (κ2) is 9.09. The van der Waals surface area contributed by atoms with E-state index in [-0.39, 0.29) is 11.7 Å². The van der Waals surface area contributed by atoms with Gasteiger partial charge in [0.1, 0.15) is 11.4 Å². The van der Waals surface area contributed by atoms with Gasteiger partial charge in [-0.05, 0) is 56.3 Å². The zero-order valence-corrected chi connectivity index (χ0v) is 17.9. The number of phenols is 1. The number of carbonyl (C=O) groups is 1. The molecule has 0 aliphatic carbocycles. The lowest BCUT2D eigenvalue weighted by Gasteiger charge is -2.21. The molecule has 0 atom stereocenters. The van der Waals surface area contributed by atoms with Crippen molar-refractivity contribution in [1.29, 1.82) is 0 Å². The summed E-state index contributed by atoms with van der Waals surface area (Å²) in [5.74, 6) is 0.0115. The number of aromatic hydroxyl groups is 1. The fraction of sp³-hybridized carbons (Fsp3) is 0.304. The largest absolute Gasteiger partial charge is 0.507 e. The zero-order valence-electron chi connectivity index (χ0n) is 17.1. The van der Waals surface area contributed by atoms with Crippen LogP contribution in [0.15, 0.2) is 54.2 Å². The lowest BCUT2D eigenvalue weighted by atomic mass is 10.1. The average molecular weight is 410 g/mol. The summed E-state index contributed by atoms with van der Waals surface area (Å²) in [5.41, 5.74) is 3.19. The van der Waals surface area contributed by atoms with E-state index in [0.29, 0.717) is 22.9 Å². The highest BCUT2D eigenvalue weighted by Crippen LogP contribution is 2.29. The Hall–Kier alpha value is -2.86. The van der Waals surface area contributed by atoms with Gasteiger partial charge in [0.15, 0.2) is 5.11 Å². The second-order valence-electron chi connectivity index (χ2n) is 6.98. The van der Waals surface area contributed by atoms with Crippen LogP contribution in [0.5, 0.6) is 5.75 Å². The van der Waals surface area contributed by atoms with Gasteiger partial charge in [0, 0.05) is 44.0 Å².